The molecule has 1 nitrogen and oxygen atoms in total. The molecule has 1 atom stereocenters. The standard InChI is InChI=1S/C15H12BrCl2IO/c1-2-20-14-6-4-9(7-11(14)16)15(18)10-3-5-13(19)12(17)8-10/h3-8,15H,2H2,1H3. The first kappa shape index (κ1) is 16.4. The van der Waals surface area contributed by atoms with Crippen molar-refractivity contribution in [3.8, 4) is 5.75 Å². The summed E-state index contributed by atoms with van der Waals surface area (Å²) in [4.78, 5) is 0. The quantitative estimate of drug-likeness (QED) is 0.358. The molecule has 0 aliphatic heterocycles. The normalized spacial score (nSPS) is 12.2. The molecular formula is C15H12BrCl2IO. The van der Waals surface area contributed by atoms with Gasteiger partial charge in [-0.3, -0.25) is 0 Å². The largest absolute Gasteiger partial charge is 0.493 e. The molecule has 1 unspecified atom stereocenters. The smallest absolute Gasteiger partial charge is 0.133 e. The number of halogens is 4. The Labute approximate surface area is 150 Å². The Morgan fingerprint density at radius 3 is 2.45 bits per heavy atom. The lowest BCUT2D eigenvalue weighted by Gasteiger charge is -2.13. The summed E-state index contributed by atoms with van der Waals surface area (Å²) in [6.07, 6.45) is 0. The third-order valence-electron chi connectivity index (χ3n) is 2.78. The zero-order chi connectivity index (χ0) is 14.7. The summed E-state index contributed by atoms with van der Waals surface area (Å²) >= 11 is 18.4. The van der Waals surface area contributed by atoms with E-state index in [9.17, 15) is 0 Å². The molecule has 2 aromatic rings. The average Bonchev–Trinajstić information content (AvgIpc) is 2.43. The summed E-state index contributed by atoms with van der Waals surface area (Å²) in [6, 6.07) is 11.7. The first-order valence-electron chi connectivity index (χ1n) is 6.04. The molecule has 5 heteroatoms. The number of alkyl halides is 1. The van der Waals surface area contributed by atoms with Gasteiger partial charge in [0, 0.05) is 3.57 Å². The molecule has 0 saturated heterocycles. The van der Waals surface area contributed by atoms with Crippen molar-refractivity contribution in [3.05, 3.63) is 60.6 Å². The van der Waals surface area contributed by atoms with E-state index >= 15 is 0 Å². The molecule has 0 aliphatic carbocycles. The van der Waals surface area contributed by atoms with Crippen LogP contribution in [0.2, 0.25) is 5.02 Å². The van der Waals surface area contributed by atoms with Gasteiger partial charge in [-0.15, -0.1) is 11.6 Å². The summed E-state index contributed by atoms with van der Waals surface area (Å²) in [5.41, 5.74) is 1.98. The van der Waals surface area contributed by atoms with Gasteiger partial charge in [-0.1, -0.05) is 23.7 Å². The summed E-state index contributed by atoms with van der Waals surface area (Å²) in [7, 11) is 0. The molecule has 0 fully saturated rings. The van der Waals surface area contributed by atoms with Crippen LogP contribution in [0.25, 0.3) is 0 Å². The molecule has 0 aliphatic rings. The number of rotatable bonds is 4. The van der Waals surface area contributed by atoms with E-state index in [2.05, 4.69) is 38.5 Å². The molecule has 2 rings (SSSR count). The van der Waals surface area contributed by atoms with Crippen molar-refractivity contribution in [1.82, 2.24) is 0 Å². The first-order chi connectivity index (χ1) is 9.52. The van der Waals surface area contributed by atoms with Crippen LogP contribution in [0, 0.1) is 3.57 Å². The van der Waals surface area contributed by atoms with E-state index in [4.69, 9.17) is 27.9 Å². The average molecular weight is 486 g/mol. The fraction of sp³-hybridized carbons (Fsp3) is 0.200. The molecule has 20 heavy (non-hydrogen) atoms. The van der Waals surface area contributed by atoms with Gasteiger partial charge in [0.1, 0.15) is 5.75 Å². The van der Waals surface area contributed by atoms with E-state index in [1.807, 2.05) is 43.3 Å². The highest BCUT2D eigenvalue weighted by Gasteiger charge is 2.14. The number of benzene rings is 2. The minimum absolute atomic E-state index is 0.239. The lowest BCUT2D eigenvalue weighted by molar-refractivity contribution is 0.338. The van der Waals surface area contributed by atoms with Crippen molar-refractivity contribution in [2.24, 2.45) is 0 Å². The van der Waals surface area contributed by atoms with Gasteiger partial charge in [-0.2, -0.15) is 0 Å². The van der Waals surface area contributed by atoms with Gasteiger partial charge >= 0.3 is 0 Å². The number of ether oxygens (including phenoxy) is 1. The van der Waals surface area contributed by atoms with Crippen molar-refractivity contribution >= 4 is 61.7 Å². The first-order valence-corrected chi connectivity index (χ1v) is 8.72. The van der Waals surface area contributed by atoms with Crippen molar-refractivity contribution in [2.45, 2.75) is 12.3 Å². The predicted molar refractivity (Wildman–Crippen MR) is 97.2 cm³/mol. The highest BCUT2D eigenvalue weighted by atomic mass is 127. The maximum Gasteiger partial charge on any atom is 0.133 e. The van der Waals surface area contributed by atoms with Crippen LogP contribution in [0.15, 0.2) is 40.9 Å². The van der Waals surface area contributed by atoms with Gasteiger partial charge in [0.2, 0.25) is 0 Å². The number of hydrogen-bond donors (Lipinski definition) is 0. The van der Waals surface area contributed by atoms with E-state index in [-0.39, 0.29) is 5.38 Å². The van der Waals surface area contributed by atoms with Crippen LogP contribution in [0.1, 0.15) is 23.4 Å². The van der Waals surface area contributed by atoms with Gasteiger partial charge in [0.15, 0.2) is 0 Å². The molecule has 0 radical (unpaired) electrons. The third kappa shape index (κ3) is 3.81. The van der Waals surface area contributed by atoms with Gasteiger partial charge in [0.25, 0.3) is 0 Å². The Morgan fingerprint density at radius 2 is 1.85 bits per heavy atom. The fourth-order valence-corrected chi connectivity index (χ4v) is 3.12. The van der Waals surface area contributed by atoms with Crippen LogP contribution < -0.4 is 4.74 Å². The Kier molecular flexibility index (Phi) is 6.02. The molecule has 0 amide bonds. The minimum atomic E-state index is -0.239. The zero-order valence-corrected chi connectivity index (χ0v) is 15.9. The van der Waals surface area contributed by atoms with Crippen LogP contribution >= 0.6 is 61.7 Å². The van der Waals surface area contributed by atoms with Crippen molar-refractivity contribution < 1.29 is 4.74 Å². The lowest BCUT2D eigenvalue weighted by Crippen LogP contribution is -1.97. The van der Waals surface area contributed by atoms with E-state index in [1.165, 1.54) is 0 Å². The highest BCUT2D eigenvalue weighted by Crippen LogP contribution is 2.35. The van der Waals surface area contributed by atoms with Crippen LogP contribution in [0.3, 0.4) is 0 Å². The minimum Gasteiger partial charge on any atom is -0.493 e. The molecule has 0 bridgehead atoms. The van der Waals surface area contributed by atoms with E-state index in [0.29, 0.717) is 6.61 Å². The van der Waals surface area contributed by atoms with Gasteiger partial charge in [0.05, 0.1) is 21.5 Å². The molecule has 0 N–H and O–H groups in total. The second-order valence-corrected chi connectivity index (χ2v) is 7.02. The van der Waals surface area contributed by atoms with E-state index < -0.39 is 0 Å². The fourth-order valence-electron chi connectivity index (χ4n) is 1.81. The predicted octanol–water partition coefficient (Wildman–Crippen LogP) is 6.43. The van der Waals surface area contributed by atoms with Gasteiger partial charge in [-0.25, -0.2) is 0 Å². The van der Waals surface area contributed by atoms with Crippen molar-refractivity contribution in [3.63, 3.8) is 0 Å². The molecule has 0 saturated carbocycles. The highest BCUT2D eigenvalue weighted by molar-refractivity contribution is 14.1. The topological polar surface area (TPSA) is 9.23 Å². The Bertz CT molecular complexity index is 619. The SMILES string of the molecule is CCOc1ccc(C(Cl)c2ccc(I)c(Cl)c2)cc1Br. The van der Waals surface area contributed by atoms with E-state index in [1.54, 1.807) is 0 Å². The Balaban J connectivity index is 2.30. The molecule has 2 aromatic carbocycles. The summed E-state index contributed by atoms with van der Waals surface area (Å²) in [6.45, 7) is 2.59. The molecular weight excluding hydrogens is 474 g/mol. The second kappa shape index (κ2) is 7.34. The van der Waals surface area contributed by atoms with Crippen molar-refractivity contribution in [2.75, 3.05) is 6.61 Å². The second-order valence-electron chi connectivity index (χ2n) is 4.16. The molecule has 0 aromatic heterocycles. The summed E-state index contributed by atoms with van der Waals surface area (Å²) < 4.78 is 7.42. The monoisotopic (exact) mass is 484 g/mol. The molecule has 0 spiro atoms. The van der Waals surface area contributed by atoms with Crippen LogP contribution in [-0.4, -0.2) is 6.61 Å². The zero-order valence-electron chi connectivity index (χ0n) is 10.7. The summed E-state index contributed by atoms with van der Waals surface area (Å²) in [5, 5.41) is 0.482. The molecule has 106 valence electrons. The maximum absolute atomic E-state index is 6.53. The van der Waals surface area contributed by atoms with Gasteiger partial charge < -0.3 is 4.74 Å². The molecule has 0 heterocycles. The summed E-state index contributed by atoms with van der Waals surface area (Å²) in [5.74, 6) is 0.820. The van der Waals surface area contributed by atoms with Gasteiger partial charge in [-0.05, 0) is 80.8 Å². The Hall–Kier alpha value is 0.0300. The van der Waals surface area contributed by atoms with Crippen LogP contribution in [-0.2, 0) is 0 Å². The van der Waals surface area contributed by atoms with Crippen LogP contribution in [0.4, 0.5) is 0 Å². The third-order valence-corrected chi connectivity index (χ3v) is 5.48. The number of hydrogen-bond acceptors (Lipinski definition) is 1. The lowest BCUT2D eigenvalue weighted by atomic mass is 10.0. The van der Waals surface area contributed by atoms with Crippen molar-refractivity contribution in [1.29, 1.82) is 0 Å². The van der Waals surface area contributed by atoms with E-state index in [0.717, 1.165) is 29.9 Å². The van der Waals surface area contributed by atoms with Crippen LogP contribution in [0.5, 0.6) is 5.75 Å². The Morgan fingerprint density at radius 1 is 1.20 bits per heavy atom. The maximum atomic E-state index is 6.53.